The molecule has 0 aromatic heterocycles. The van der Waals surface area contributed by atoms with Crippen LogP contribution in [0.5, 0.6) is 5.75 Å². The van der Waals surface area contributed by atoms with Crippen molar-refractivity contribution in [2.45, 2.75) is 104 Å². The molecule has 2 saturated carbocycles. The lowest BCUT2D eigenvalue weighted by atomic mass is 9.94. The third-order valence-corrected chi connectivity index (χ3v) is 7.02. The molecule has 3 rings (SSSR count). The number of hydrogen-bond donors (Lipinski definition) is 1. The molecule has 0 saturated heterocycles. The second-order valence-corrected chi connectivity index (χ2v) is 9.44. The van der Waals surface area contributed by atoms with Gasteiger partial charge in [0.25, 0.3) is 0 Å². The Morgan fingerprint density at radius 1 is 0.800 bits per heavy atom. The van der Waals surface area contributed by atoms with E-state index in [-0.39, 0.29) is 0 Å². The van der Waals surface area contributed by atoms with Crippen LogP contribution in [0.25, 0.3) is 0 Å². The van der Waals surface area contributed by atoms with Crippen molar-refractivity contribution in [3.8, 4) is 5.75 Å². The Hall–Kier alpha value is -0.980. The summed E-state index contributed by atoms with van der Waals surface area (Å²) in [5.74, 6) is 0.463. The van der Waals surface area contributed by atoms with E-state index in [4.69, 9.17) is 0 Å². The Labute approximate surface area is 155 Å². The third kappa shape index (κ3) is 6.04. The van der Waals surface area contributed by atoms with E-state index in [1.54, 1.807) is 0 Å². The minimum Gasteiger partial charge on any atom is -0.508 e. The minimum atomic E-state index is 0.463. The molecule has 1 heteroatoms. The maximum absolute atomic E-state index is 10.0. The number of phenolic OH excluding ortho intramolecular Hbond substituents is 1. The zero-order valence-electron chi connectivity index (χ0n) is 16.6. The van der Waals surface area contributed by atoms with E-state index in [1.165, 1.54) is 88.2 Å². The maximum atomic E-state index is 10.0. The van der Waals surface area contributed by atoms with Gasteiger partial charge >= 0.3 is 0 Å². The smallest absolute Gasteiger partial charge is 0.116 e. The Morgan fingerprint density at radius 3 is 1.96 bits per heavy atom. The van der Waals surface area contributed by atoms with Crippen LogP contribution in [0.3, 0.4) is 0 Å². The molecular weight excluding hydrogens is 304 g/mol. The highest BCUT2D eigenvalue weighted by Crippen LogP contribution is 2.52. The van der Waals surface area contributed by atoms with Gasteiger partial charge in [-0.05, 0) is 98.3 Å². The van der Waals surface area contributed by atoms with Gasteiger partial charge in [0, 0.05) is 0 Å². The summed E-state index contributed by atoms with van der Waals surface area (Å²) in [5, 5.41) is 10.0. The molecule has 2 fully saturated rings. The molecule has 0 atom stereocenters. The Kier molecular flexibility index (Phi) is 6.12. The topological polar surface area (TPSA) is 20.2 Å². The van der Waals surface area contributed by atoms with Crippen LogP contribution in [0, 0.1) is 10.8 Å². The summed E-state index contributed by atoms with van der Waals surface area (Å²) in [6.45, 7) is 4.78. The van der Waals surface area contributed by atoms with E-state index >= 15 is 0 Å². The average Bonchev–Trinajstić information content (AvgIpc) is 3.50. The molecule has 1 aromatic rings. The SMILES string of the molecule is CCC1(CCCCCc2cc(O)cc(CCCCC3(C)CC3)c2)CC1. The number of rotatable bonds is 12. The van der Waals surface area contributed by atoms with Gasteiger partial charge in [0.1, 0.15) is 5.75 Å². The first-order valence-corrected chi connectivity index (χ1v) is 10.8. The molecule has 0 radical (unpaired) electrons. The van der Waals surface area contributed by atoms with Crippen molar-refractivity contribution in [2.24, 2.45) is 10.8 Å². The molecule has 0 heterocycles. The summed E-state index contributed by atoms with van der Waals surface area (Å²) < 4.78 is 0. The van der Waals surface area contributed by atoms with Gasteiger partial charge < -0.3 is 5.11 Å². The monoisotopic (exact) mass is 342 g/mol. The lowest BCUT2D eigenvalue weighted by molar-refractivity contribution is 0.422. The summed E-state index contributed by atoms with van der Waals surface area (Å²) >= 11 is 0. The van der Waals surface area contributed by atoms with Crippen LogP contribution in [-0.4, -0.2) is 5.11 Å². The van der Waals surface area contributed by atoms with Gasteiger partial charge in [0.2, 0.25) is 0 Å². The second kappa shape index (κ2) is 8.14. The van der Waals surface area contributed by atoms with Crippen molar-refractivity contribution in [1.82, 2.24) is 0 Å². The number of benzene rings is 1. The molecule has 0 bridgehead atoms. The van der Waals surface area contributed by atoms with Crippen LogP contribution in [0.2, 0.25) is 0 Å². The number of hydrogen-bond acceptors (Lipinski definition) is 1. The molecule has 140 valence electrons. The Balaban J connectivity index is 1.35. The van der Waals surface area contributed by atoms with Gasteiger partial charge in [0.05, 0.1) is 0 Å². The van der Waals surface area contributed by atoms with Crippen LogP contribution < -0.4 is 0 Å². The molecule has 0 aliphatic heterocycles. The van der Waals surface area contributed by atoms with Gasteiger partial charge in [-0.15, -0.1) is 0 Å². The fourth-order valence-corrected chi connectivity index (χ4v) is 4.34. The summed E-state index contributed by atoms with van der Waals surface area (Å²) in [4.78, 5) is 0. The first-order valence-electron chi connectivity index (χ1n) is 10.8. The van der Waals surface area contributed by atoms with Crippen LogP contribution in [0.15, 0.2) is 18.2 Å². The summed E-state index contributed by atoms with van der Waals surface area (Å²) in [6, 6.07) is 6.29. The fraction of sp³-hybridized carbons (Fsp3) is 0.750. The number of unbranched alkanes of at least 4 members (excludes halogenated alkanes) is 3. The quantitative estimate of drug-likeness (QED) is 0.398. The molecule has 1 aromatic carbocycles. The molecule has 1 nitrogen and oxygen atoms in total. The first-order chi connectivity index (χ1) is 12.0. The van der Waals surface area contributed by atoms with E-state index in [0.29, 0.717) is 11.2 Å². The van der Waals surface area contributed by atoms with Gasteiger partial charge in [-0.25, -0.2) is 0 Å². The highest BCUT2D eigenvalue weighted by Gasteiger charge is 2.39. The van der Waals surface area contributed by atoms with E-state index in [2.05, 4.69) is 19.9 Å². The predicted octanol–water partition coefficient (Wildman–Crippen LogP) is 7.20. The van der Waals surface area contributed by atoms with Crippen molar-refractivity contribution in [2.75, 3.05) is 0 Å². The van der Waals surface area contributed by atoms with Gasteiger partial charge in [-0.1, -0.05) is 45.6 Å². The van der Waals surface area contributed by atoms with Gasteiger partial charge in [-0.3, -0.25) is 0 Å². The third-order valence-electron chi connectivity index (χ3n) is 7.02. The van der Waals surface area contributed by atoms with E-state index in [0.717, 1.165) is 18.3 Å². The highest BCUT2D eigenvalue weighted by molar-refractivity contribution is 5.33. The number of phenols is 1. The van der Waals surface area contributed by atoms with Crippen molar-refractivity contribution < 1.29 is 5.11 Å². The van der Waals surface area contributed by atoms with Crippen molar-refractivity contribution in [3.05, 3.63) is 29.3 Å². The molecule has 2 aliphatic carbocycles. The molecule has 0 spiro atoms. The van der Waals surface area contributed by atoms with Crippen molar-refractivity contribution in [1.29, 1.82) is 0 Å². The molecular formula is C24H38O. The van der Waals surface area contributed by atoms with E-state index < -0.39 is 0 Å². The standard InChI is InChI=1S/C24H38O/c1-3-24(15-16-24)12-7-4-5-9-20-17-21(19-22(25)18-20)10-6-8-11-23(2)13-14-23/h17-19,25H,3-16H2,1-2H3. The molecule has 2 aliphatic rings. The van der Waals surface area contributed by atoms with Crippen molar-refractivity contribution in [3.63, 3.8) is 0 Å². The van der Waals surface area contributed by atoms with Crippen LogP contribution in [-0.2, 0) is 12.8 Å². The van der Waals surface area contributed by atoms with Crippen molar-refractivity contribution >= 4 is 0 Å². The number of aromatic hydroxyl groups is 1. The normalized spacial score (nSPS) is 19.8. The highest BCUT2D eigenvalue weighted by atomic mass is 16.3. The lowest BCUT2D eigenvalue weighted by Gasteiger charge is -2.12. The van der Waals surface area contributed by atoms with Crippen LogP contribution in [0.4, 0.5) is 0 Å². The predicted molar refractivity (Wildman–Crippen MR) is 107 cm³/mol. The first kappa shape index (κ1) is 18.8. The van der Waals surface area contributed by atoms with Crippen LogP contribution in [0.1, 0.15) is 102 Å². The number of aryl methyl sites for hydroxylation is 2. The minimum absolute atomic E-state index is 0.463. The average molecular weight is 343 g/mol. The zero-order chi connectivity index (χ0) is 17.8. The maximum Gasteiger partial charge on any atom is 0.116 e. The fourth-order valence-electron chi connectivity index (χ4n) is 4.34. The molecule has 1 N–H and O–H groups in total. The molecule has 0 amide bonds. The van der Waals surface area contributed by atoms with E-state index in [1.807, 2.05) is 12.1 Å². The summed E-state index contributed by atoms with van der Waals surface area (Å²) in [5.41, 5.74) is 4.09. The Bertz CT molecular complexity index is 551. The molecule has 25 heavy (non-hydrogen) atoms. The summed E-state index contributed by atoms with van der Waals surface area (Å²) in [6.07, 6.45) is 18.8. The van der Waals surface area contributed by atoms with Crippen LogP contribution >= 0.6 is 0 Å². The largest absolute Gasteiger partial charge is 0.508 e. The summed E-state index contributed by atoms with van der Waals surface area (Å²) in [7, 11) is 0. The molecule has 0 unspecified atom stereocenters. The van der Waals surface area contributed by atoms with Gasteiger partial charge in [0.15, 0.2) is 0 Å². The Morgan fingerprint density at radius 2 is 1.40 bits per heavy atom. The lowest BCUT2D eigenvalue weighted by Crippen LogP contribution is -1.98. The zero-order valence-corrected chi connectivity index (χ0v) is 16.6. The van der Waals surface area contributed by atoms with Gasteiger partial charge in [-0.2, -0.15) is 0 Å². The van der Waals surface area contributed by atoms with E-state index in [9.17, 15) is 5.11 Å². The second-order valence-electron chi connectivity index (χ2n) is 9.44.